The lowest BCUT2D eigenvalue weighted by Gasteiger charge is -2.20. The van der Waals surface area contributed by atoms with Gasteiger partial charge in [-0.2, -0.15) is 0 Å². The van der Waals surface area contributed by atoms with Crippen LogP contribution in [0.15, 0.2) is 30.6 Å². The second-order valence-corrected chi connectivity index (χ2v) is 5.31. The number of hydrogen-bond donors (Lipinski definition) is 2. The van der Waals surface area contributed by atoms with Gasteiger partial charge in [0.05, 0.1) is 6.04 Å². The molecule has 4 nitrogen and oxygen atoms in total. The second kappa shape index (κ2) is 6.52. The molecule has 1 aromatic heterocycles. The van der Waals surface area contributed by atoms with Crippen molar-refractivity contribution in [1.82, 2.24) is 9.97 Å². The average molecular weight is 288 g/mol. The molecule has 0 radical (unpaired) electrons. The number of halogens is 1. The first-order chi connectivity index (χ1) is 10.0. The summed E-state index contributed by atoms with van der Waals surface area (Å²) >= 11 is 0. The Morgan fingerprint density at radius 2 is 1.81 bits per heavy atom. The largest absolute Gasteiger partial charge is 0.373 e. The number of rotatable bonds is 5. The molecule has 0 aliphatic heterocycles. The van der Waals surface area contributed by atoms with E-state index in [1.165, 1.54) is 18.5 Å². The highest BCUT2D eigenvalue weighted by Gasteiger charge is 2.16. The Balaban J connectivity index is 2.31. The monoisotopic (exact) mass is 288 g/mol. The minimum atomic E-state index is -0.233. The fourth-order valence-corrected chi connectivity index (χ4v) is 2.32. The quantitative estimate of drug-likeness (QED) is 0.874. The van der Waals surface area contributed by atoms with E-state index in [0.717, 1.165) is 22.8 Å². The first kappa shape index (κ1) is 15.2. The van der Waals surface area contributed by atoms with Gasteiger partial charge in [-0.05, 0) is 30.5 Å². The van der Waals surface area contributed by atoms with Crippen molar-refractivity contribution >= 4 is 11.6 Å². The van der Waals surface area contributed by atoms with Crippen molar-refractivity contribution in [1.29, 1.82) is 0 Å². The molecule has 0 spiro atoms. The third-order valence-electron chi connectivity index (χ3n) is 3.40. The number of aromatic nitrogens is 2. The van der Waals surface area contributed by atoms with Crippen LogP contribution in [0.1, 0.15) is 43.9 Å². The summed E-state index contributed by atoms with van der Waals surface area (Å²) < 4.78 is 13.3. The summed E-state index contributed by atoms with van der Waals surface area (Å²) in [6, 6.07) is 6.55. The molecule has 1 unspecified atom stereocenters. The Bertz CT molecular complexity index is 613. The zero-order valence-electron chi connectivity index (χ0n) is 12.8. The summed E-state index contributed by atoms with van der Waals surface area (Å²) in [6.45, 7) is 6.18. The minimum Gasteiger partial charge on any atom is -0.373 e. The van der Waals surface area contributed by atoms with E-state index in [9.17, 15) is 4.39 Å². The van der Waals surface area contributed by atoms with Gasteiger partial charge in [-0.3, -0.25) is 0 Å². The molecule has 5 heteroatoms. The molecule has 1 aromatic carbocycles. The van der Waals surface area contributed by atoms with Gasteiger partial charge in [0, 0.05) is 12.6 Å². The molecular formula is C16H21FN4. The molecule has 0 aliphatic carbocycles. The molecule has 1 heterocycles. The first-order valence-electron chi connectivity index (χ1n) is 7.07. The van der Waals surface area contributed by atoms with E-state index in [4.69, 9.17) is 0 Å². The SMILES string of the molecule is CNc1ncnc(NC(C)c2cccc(F)c2)c1C(C)C. The summed E-state index contributed by atoms with van der Waals surface area (Å²) in [4.78, 5) is 8.59. The van der Waals surface area contributed by atoms with Crippen molar-refractivity contribution < 1.29 is 4.39 Å². The predicted molar refractivity (Wildman–Crippen MR) is 84.1 cm³/mol. The van der Waals surface area contributed by atoms with E-state index in [2.05, 4.69) is 34.4 Å². The number of hydrogen-bond acceptors (Lipinski definition) is 4. The van der Waals surface area contributed by atoms with Crippen molar-refractivity contribution in [2.45, 2.75) is 32.7 Å². The van der Waals surface area contributed by atoms with Gasteiger partial charge < -0.3 is 10.6 Å². The summed E-state index contributed by atoms with van der Waals surface area (Å²) in [7, 11) is 1.84. The Kier molecular flexibility index (Phi) is 4.73. The van der Waals surface area contributed by atoms with Crippen molar-refractivity contribution in [3.8, 4) is 0 Å². The van der Waals surface area contributed by atoms with Crippen molar-refractivity contribution in [2.24, 2.45) is 0 Å². The molecule has 2 rings (SSSR count). The maximum Gasteiger partial charge on any atom is 0.135 e. The Hall–Kier alpha value is -2.17. The molecule has 2 aromatic rings. The van der Waals surface area contributed by atoms with Gasteiger partial charge in [-0.25, -0.2) is 14.4 Å². The fourth-order valence-electron chi connectivity index (χ4n) is 2.32. The first-order valence-corrected chi connectivity index (χ1v) is 7.07. The molecule has 2 N–H and O–H groups in total. The summed E-state index contributed by atoms with van der Waals surface area (Å²) in [5.41, 5.74) is 1.91. The lowest BCUT2D eigenvalue weighted by atomic mass is 10.0. The van der Waals surface area contributed by atoms with E-state index in [-0.39, 0.29) is 17.8 Å². The van der Waals surface area contributed by atoms with Crippen LogP contribution in [0, 0.1) is 5.82 Å². The topological polar surface area (TPSA) is 49.8 Å². The van der Waals surface area contributed by atoms with Gasteiger partial charge >= 0.3 is 0 Å². The summed E-state index contributed by atoms with van der Waals surface area (Å²) in [5, 5.41) is 6.44. The van der Waals surface area contributed by atoms with Crippen LogP contribution in [0.4, 0.5) is 16.0 Å². The Labute approximate surface area is 124 Å². The summed E-state index contributed by atoms with van der Waals surface area (Å²) in [6.07, 6.45) is 1.53. The van der Waals surface area contributed by atoms with Crippen LogP contribution >= 0.6 is 0 Å². The third kappa shape index (κ3) is 3.48. The maximum absolute atomic E-state index is 13.3. The molecule has 21 heavy (non-hydrogen) atoms. The van der Waals surface area contributed by atoms with Gasteiger partial charge in [-0.15, -0.1) is 0 Å². The second-order valence-electron chi connectivity index (χ2n) is 5.31. The highest BCUT2D eigenvalue weighted by atomic mass is 19.1. The molecule has 1 atom stereocenters. The van der Waals surface area contributed by atoms with Crippen molar-refractivity contribution in [2.75, 3.05) is 17.7 Å². The predicted octanol–water partition coefficient (Wildman–Crippen LogP) is 3.95. The summed E-state index contributed by atoms with van der Waals surface area (Å²) in [5.74, 6) is 1.63. The van der Waals surface area contributed by atoms with Crippen LogP contribution in [0.5, 0.6) is 0 Å². The molecule has 0 aliphatic rings. The van der Waals surface area contributed by atoms with Crippen molar-refractivity contribution in [3.63, 3.8) is 0 Å². The van der Waals surface area contributed by atoms with Crippen LogP contribution < -0.4 is 10.6 Å². The van der Waals surface area contributed by atoms with Crippen LogP contribution in [0.3, 0.4) is 0 Å². The standard InChI is InChI=1S/C16H21FN4/c1-10(2)14-15(18-4)19-9-20-16(14)21-11(3)12-6-5-7-13(17)8-12/h5-11H,1-4H3,(H2,18,19,20,21). The van der Waals surface area contributed by atoms with E-state index < -0.39 is 0 Å². The zero-order valence-corrected chi connectivity index (χ0v) is 12.8. The number of nitrogens with zero attached hydrogens (tertiary/aromatic N) is 2. The van der Waals surface area contributed by atoms with Crippen LogP contribution in [-0.2, 0) is 0 Å². The van der Waals surface area contributed by atoms with Crippen LogP contribution in [0.25, 0.3) is 0 Å². The maximum atomic E-state index is 13.3. The molecular weight excluding hydrogens is 267 g/mol. The third-order valence-corrected chi connectivity index (χ3v) is 3.40. The molecule has 112 valence electrons. The lowest BCUT2D eigenvalue weighted by molar-refractivity contribution is 0.623. The Morgan fingerprint density at radius 1 is 1.10 bits per heavy atom. The average Bonchev–Trinajstić information content (AvgIpc) is 2.46. The zero-order chi connectivity index (χ0) is 15.4. The van der Waals surface area contributed by atoms with Gasteiger partial charge in [0.15, 0.2) is 0 Å². The molecule has 0 saturated heterocycles. The number of benzene rings is 1. The highest BCUT2D eigenvalue weighted by molar-refractivity contribution is 5.59. The minimum absolute atomic E-state index is 0.0437. The lowest BCUT2D eigenvalue weighted by Crippen LogP contribution is -2.13. The van der Waals surface area contributed by atoms with E-state index in [1.54, 1.807) is 6.07 Å². The molecule has 0 saturated carbocycles. The van der Waals surface area contributed by atoms with Gasteiger partial charge in [-0.1, -0.05) is 26.0 Å². The molecule has 0 bridgehead atoms. The number of nitrogens with one attached hydrogen (secondary N) is 2. The smallest absolute Gasteiger partial charge is 0.135 e. The molecule has 0 fully saturated rings. The van der Waals surface area contributed by atoms with Crippen LogP contribution in [-0.4, -0.2) is 17.0 Å². The van der Waals surface area contributed by atoms with Crippen LogP contribution in [0.2, 0.25) is 0 Å². The number of anilines is 2. The van der Waals surface area contributed by atoms with E-state index in [0.29, 0.717) is 0 Å². The highest BCUT2D eigenvalue weighted by Crippen LogP contribution is 2.30. The molecule has 0 amide bonds. The van der Waals surface area contributed by atoms with Gasteiger partial charge in [0.2, 0.25) is 0 Å². The van der Waals surface area contributed by atoms with E-state index in [1.807, 2.05) is 20.0 Å². The normalized spacial score (nSPS) is 12.3. The van der Waals surface area contributed by atoms with Crippen molar-refractivity contribution in [3.05, 3.63) is 47.5 Å². The Morgan fingerprint density at radius 3 is 2.43 bits per heavy atom. The van der Waals surface area contributed by atoms with Gasteiger partial charge in [0.25, 0.3) is 0 Å². The van der Waals surface area contributed by atoms with E-state index >= 15 is 0 Å². The fraction of sp³-hybridized carbons (Fsp3) is 0.375. The van der Waals surface area contributed by atoms with Gasteiger partial charge in [0.1, 0.15) is 23.8 Å².